The Morgan fingerprint density at radius 1 is 0.871 bits per heavy atom. The third kappa shape index (κ3) is 7.64. The fraction of sp³-hybridized carbons (Fsp3) is 0.208. The molecule has 3 aromatic carbocycles. The van der Waals surface area contributed by atoms with Crippen LogP contribution in [0.15, 0.2) is 72.8 Å². The highest BCUT2D eigenvalue weighted by Gasteiger charge is 2.04. The Labute approximate surface area is 181 Å². The molecule has 2 N–H and O–H groups in total. The number of benzene rings is 3. The highest BCUT2D eigenvalue weighted by Crippen LogP contribution is 2.19. The summed E-state index contributed by atoms with van der Waals surface area (Å²) >= 11 is 0. The van der Waals surface area contributed by atoms with Gasteiger partial charge >= 0.3 is 6.03 Å². The van der Waals surface area contributed by atoms with Crippen molar-refractivity contribution < 1.29 is 23.4 Å². The first kappa shape index (κ1) is 22.1. The standard InChI is InChI=1S/C24H25FN2O4/c1-29-12-13-30-22-10-8-18(9-11-22)16-26-24(28)27-21-6-3-7-23(15-21)31-17-19-4-2-5-20(25)14-19/h2-11,14-15H,12-13,16-17H2,1H3,(H2,26,27,28). The van der Waals surface area contributed by atoms with Crippen LogP contribution in [0.2, 0.25) is 0 Å². The molecule has 0 aliphatic heterocycles. The van der Waals surface area contributed by atoms with E-state index in [0.29, 0.717) is 31.2 Å². The maximum Gasteiger partial charge on any atom is 0.319 e. The third-order valence-corrected chi connectivity index (χ3v) is 4.32. The molecule has 0 aliphatic carbocycles. The summed E-state index contributed by atoms with van der Waals surface area (Å²) < 4.78 is 29.4. The largest absolute Gasteiger partial charge is 0.491 e. The minimum atomic E-state index is -0.331. The molecule has 162 valence electrons. The van der Waals surface area contributed by atoms with Crippen LogP contribution in [0.4, 0.5) is 14.9 Å². The van der Waals surface area contributed by atoms with Crippen LogP contribution >= 0.6 is 0 Å². The third-order valence-electron chi connectivity index (χ3n) is 4.32. The zero-order chi connectivity index (χ0) is 21.9. The van der Waals surface area contributed by atoms with Crippen LogP contribution in [0, 0.1) is 5.82 Å². The van der Waals surface area contributed by atoms with Gasteiger partial charge in [-0.2, -0.15) is 0 Å². The molecule has 0 saturated carbocycles. The molecule has 0 radical (unpaired) electrons. The molecule has 2 amide bonds. The van der Waals surface area contributed by atoms with E-state index in [1.54, 1.807) is 43.5 Å². The molecule has 0 saturated heterocycles. The average Bonchev–Trinajstić information content (AvgIpc) is 2.78. The summed E-state index contributed by atoms with van der Waals surface area (Å²) in [4.78, 5) is 12.2. The Morgan fingerprint density at radius 3 is 2.45 bits per heavy atom. The van der Waals surface area contributed by atoms with Crippen LogP contribution in [-0.4, -0.2) is 26.4 Å². The van der Waals surface area contributed by atoms with Crippen molar-refractivity contribution >= 4 is 11.7 Å². The summed E-state index contributed by atoms with van der Waals surface area (Å²) in [6.07, 6.45) is 0. The van der Waals surface area contributed by atoms with E-state index in [1.807, 2.05) is 24.3 Å². The van der Waals surface area contributed by atoms with Gasteiger partial charge in [-0.15, -0.1) is 0 Å². The lowest BCUT2D eigenvalue weighted by atomic mass is 10.2. The van der Waals surface area contributed by atoms with E-state index in [4.69, 9.17) is 14.2 Å². The first-order chi connectivity index (χ1) is 15.1. The van der Waals surface area contributed by atoms with Gasteiger partial charge in [-0.3, -0.25) is 0 Å². The number of hydrogen-bond donors (Lipinski definition) is 2. The van der Waals surface area contributed by atoms with E-state index < -0.39 is 0 Å². The molecule has 0 heterocycles. The van der Waals surface area contributed by atoms with Crippen molar-refractivity contribution in [2.75, 3.05) is 25.6 Å². The molecular formula is C24H25FN2O4. The maximum atomic E-state index is 13.3. The van der Waals surface area contributed by atoms with Gasteiger partial charge < -0.3 is 24.8 Å². The van der Waals surface area contributed by atoms with Crippen LogP contribution in [0.3, 0.4) is 0 Å². The first-order valence-corrected chi connectivity index (χ1v) is 9.85. The van der Waals surface area contributed by atoms with Crippen LogP contribution in [-0.2, 0) is 17.9 Å². The van der Waals surface area contributed by atoms with Crippen LogP contribution in [0.25, 0.3) is 0 Å². The predicted octanol–water partition coefficient (Wildman–Crippen LogP) is 4.75. The van der Waals surface area contributed by atoms with Gasteiger partial charge in [0.1, 0.15) is 30.5 Å². The highest BCUT2D eigenvalue weighted by molar-refractivity contribution is 5.89. The first-order valence-electron chi connectivity index (χ1n) is 9.85. The van der Waals surface area contributed by atoms with Gasteiger partial charge in [-0.25, -0.2) is 9.18 Å². The zero-order valence-electron chi connectivity index (χ0n) is 17.3. The van der Waals surface area contributed by atoms with Gasteiger partial charge in [0, 0.05) is 25.4 Å². The van der Waals surface area contributed by atoms with E-state index >= 15 is 0 Å². The molecule has 0 aromatic heterocycles. The highest BCUT2D eigenvalue weighted by atomic mass is 19.1. The van der Waals surface area contributed by atoms with E-state index in [2.05, 4.69) is 10.6 Å². The normalized spacial score (nSPS) is 10.4. The topological polar surface area (TPSA) is 68.8 Å². The number of halogens is 1. The molecule has 0 bridgehead atoms. The van der Waals surface area contributed by atoms with E-state index in [9.17, 15) is 9.18 Å². The number of urea groups is 1. The van der Waals surface area contributed by atoms with Crippen molar-refractivity contribution in [2.24, 2.45) is 0 Å². The fourth-order valence-electron chi connectivity index (χ4n) is 2.76. The second-order valence-electron chi connectivity index (χ2n) is 6.74. The summed E-state index contributed by atoms with van der Waals surface area (Å²) in [5.41, 5.74) is 2.27. The maximum absolute atomic E-state index is 13.3. The zero-order valence-corrected chi connectivity index (χ0v) is 17.3. The van der Waals surface area contributed by atoms with Crippen LogP contribution in [0.1, 0.15) is 11.1 Å². The summed E-state index contributed by atoms with van der Waals surface area (Å²) in [5.74, 6) is 1.02. The van der Waals surface area contributed by atoms with Crippen molar-refractivity contribution in [1.29, 1.82) is 0 Å². The summed E-state index contributed by atoms with van der Waals surface area (Å²) in [7, 11) is 1.62. The lowest BCUT2D eigenvalue weighted by Gasteiger charge is -2.11. The summed E-state index contributed by atoms with van der Waals surface area (Å²) in [6, 6.07) is 20.4. The molecule has 0 unspecified atom stereocenters. The number of amides is 2. The molecular weight excluding hydrogens is 399 g/mol. The predicted molar refractivity (Wildman–Crippen MR) is 117 cm³/mol. The smallest absolute Gasteiger partial charge is 0.319 e. The monoisotopic (exact) mass is 424 g/mol. The Morgan fingerprint density at radius 2 is 1.68 bits per heavy atom. The fourth-order valence-corrected chi connectivity index (χ4v) is 2.76. The molecule has 0 atom stereocenters. The Balaban J connectivity index is 1.45. The molecule has 0 fully saturated rings. The van der Waals surface area contributed by atoms with Crippen LogP contribution in [0.5, 0.6) is 11.5 Å². The number of carbonyl (C=O) groups excluding carboxylic acids is 1. The number of hydrogen-bond acceptors (Lipinski definition) is 4. The quantitative estimate of drug-likeness (QED) is 0.461. The second kappa shape index (κ2) is 11.6. The molecule has 3 rings (SSSR count). The van der Waals surface area contributed by atoms with Gasteiger partial charge in [-0.1, -0.05) is 30.3 Å². The SMILES string of the molecule is COCCOc1ccc(CNC(=O)Nc2cccc(OCc3cccc(F)c3)c2)cc1. The molecule has 31 heavy (non-hydrogen) atoms. The van der Waals surface area contributed by atoms with Gasteiger partial charge in [-0.05, 0) is 47.5 Å². The van der Waals surface area contributed by atoms with Crippen molar-refractivity contribution in [3.63, 3.8) is 0 Å². The second-order valence-corrected chi connectivity index (χ2v) is 6.74. The van der Waals surface area contributed by atoms with Crippen LogP contribution < -0.4 is 20.1 Å². The molecule has 3 aromatic rings. The number of methoxy groups -OCH3 is 1. The van der Waals surface area contributed by atoms with Crippen molar-refractivity contribution in [2.45, 2.75) is 13.2 Å². The number of nitrogens with one attached hydrogen (secondary N) is 2. The Kier molecular flexibility index (Phi) is 8.25. The average molecular weight is 424 g/mol. The molecule has 0 aliphatic rings. The number of carbonyl (C=O) groups is 1. The van der Waals surface area contributed by atoms with E-state index in [1.165, 1.54) is 12.1 Å². The van der Waals surface area contributed by atoms with Crippen molar-refractivity contribution in [3.8, 4) is 11.5 Å². The minimum absolute atomic E-state index is 0.235. The van der Waals surface area contributed by atoms with Crippen molar-refractivity contribution in [1.82, 2.24) is 5.32 Å². The lowest BCUT2D eigenvalue weighted by Crippen LogP contribution is -2.28. The molecule has 6 nitrogen and oxygen atoms in total. The van der Waals surface area contributed by atoms with Crippen molar-refractivity contribution in [3.05, 3.63) is 89.7 Å². The number of anilines is 1. The number of rotatable bonds is 10. The lowest BCUT2D eigenvalue weighted by molar-refractivity contribution is 0.146. The minimum Gasteiger partial charge on any atom is -0.491 e. The number of ether oxygens (including phenoxy) is 3. The van der Waals surface area contributed by atoms with Gasteiger partial charge in [0.05, 0.1) is 6.61 Å². The summed E-state index contributed by atoms with van der Waals surface area (Å²) in [5, 5.41) is 5.59. The van der Waals surface area contributed by atoms with Gasteiger partial charge in [0.25, 0.3) is 0 Å². The summed E-state index contributed by atoms with van der Waals surface area (Å²) in [6.45, 7) is 1.63. The molecule has 0 spiro atoms. The van der Waals surface area contributed by atoms with Gasteiger partial charge in [0.2, 0.25) is 0 Å². The van der Waals surface area contributed by atoms with Gasteiger partial charge in [0.15, 0.2) is 0 Å². The molecule has 7 heteroatoms. The Bertz CT molecular complexity index is 979. The van der Waals surface area contributed by atoms with E-state index in [-0.39, 0.29) is 18.5 Å². The Hall–Kier alpha value is -3.58. The van der Waals surface area contributed by atoms with E-state index in [0.717, 1.165) is 16.9 Å².